The van der Waals surface area contributed by atoms with Crippen molar-refractivity contribution in [3.8, 4) is 0 Å². The van der Waals surface area contributed by atoms with E-state index in [4.69, 9.17) is 0 Å². The van der Waals surface area contributed by atoms with Gasteiger partial charge in [0.1, 0.15) is 11.7 Å². The number of hydrogen-bond donors (Lipinski definition) is 1. The molecule has 7 nitrogen and oxygen atoms in total. The molecule has 3 heterocycles. The maximum absolute atomic E-state index is 11.4. The highest BCUT2D eigenvalue weighted by molar-refractivity contribution is 7.91. The van der Waals surface area contributed by atoms with Crippen LogP contribution in [0.25, 0.3) is 0 Å². The molecule has 0 aromatic carbocycles. The van der Waals surface area contributed by atoms with Gasteiger partial charge < -0.3 is 5.11 Å². The summed E-state index contributed by atoms with van der Waals surface area (Å²) in [6, 6.07) is 0. The molecule has 0 amide bonds. The lowest BCUT2D eigenvalue weighted by atomic mass is 9.99. The molecule has 3 rings (SSSR count). The Hall–Kier alpha value is -1.44. The molecule has 1 aromatic heterocycles. The summed E-state index contributed by atoms with van der Waals surface area (Å²) in [7, 11) is -2.90. The molecule has 0 bridgehead atoms. The van der Waals surface area contributed by atoms with Crippen LogP contribution in [-0.2, 0) is 27.6 Å². The van der Waals surface area contributed by atoms with Crippen LogP contribution in [0.5, 0.6) is 0 Å². The number of aliphatic carboxylic acids is 1. The lowest BCUT2D eigenvalue weighted by Gasteiger charge is -2.17. The highest BCUT2D eigenvalue weighted by atomic mass is 32.2. The van der Waals surface area contributed by atoms with Gasteiger partial charge in [-0.15, -0.1) is 0 Å². The molecule has 20 heavy (non-hydrogen) atoms. The van der Waals surface area contributed by atoms with Crippen LogP contribution in [0, 0.1) is 5.92 Å². The second-order valence-electron chi connectivity index (χ2n) is 5.62. The van der Waals surface area contributed by atoms with Gasteiger partial charge in [0, 0.05) is 13.0 Å². The van der Waals surface area contributed by atoms with E-state index in [0.29, 0.717) is 37.5 Å². The van der Waals surface area contributed by atoms with Gasteiger partial charge in [-0.2, -0.15) is 5.10 Å². The fourth-order valence-electron chi connectivity index (χ4n) is 3.01. The van der Waals surface area contributed by atoms with Crippen molar-refractivity contribution >= 4 is 15.8 Å². The minimum atomic E-state index is -2.90. The van der Waals surface area contributed by atoms with Crippen molar-refractivity contribution in [2.24, 2.45) is 5.92 Å². The van der Waals surface area contributed by atoms with Crippen LogP contribution in [0.1, 0.15) is 36.8 Å². The van der Waals surface area contributed by atoms with E-state index in [-0.39, 0.29) is 17.4 Å². The van der Waals surface area contributed by atoms with E-state index in [1.165, 1.54) is 0 Å². The van der Waals surface area contributed by atoms with E-state index in [1.54, 1.807) is 4.68 Å². The summed E-state index contributed by atoms with van der Waals surface area (Å²) < 4.78 is 24.6. The summed E-state index contributed by atoms with van der Waals surface area (Å²) in [6.07, 6.45) is 2.54. The number of fused-ring (bicyclic) bond motifs is 1. The molecule has 2 atom stereocenters. The lowest BCUT2D eigenvalue weighted by molar-refractivity contribution is -0.139. The molecule has 2 unspecified atom stereocenters. The number of nitrogens with zero attached hydrogens (tertiary/aromatic N) is 3. The van der Waals surface area contributed by atoms with Crippen molar-refractivity contribution in [3.63, 3.8) is 0 Å². The molecule has 1 fully saturated rings. The number of carboxylic acid groups (broad SMARTS) is 1. The van der Waals surface area contributed by atoms with Crippen LogP contribution in [0.2, 0.25) is 0 Å². The van der Waals surface area contributed by atoms with Crippen LogP contribution >= 0.6 is 0 Å². The van der Waals surface area contributed by atoms with Gasteiger partial charge in [-0.3, -0.25) is 4.79 Å². The Morgan fingerprint density at radius 2 is 2.20 bits per heavy atom. The number of aromatic nitrogens is 3. The van der Waals surface area contributed by atoms with Gasteiger partial charge in [-0.05, 0) is 25.2 Å². The highest BCUT2D eigenvalue weighted by Crippen LogP contribution is 2.27. The predicted octanol–water partition coefficient (Wildman–Crippen LogP) is 0.217. The van der Waals surface area contributed by atoms with Crippen molar-refractivity contribution in [1.82, 2.24) is 14.8 Å². The summed E-state index contributed by atoms with van der Waals surface area (Å²) in [6.45, 7) is 0.690. The minimum absolute atomic E-state index is 0.0627. The summed E-state index contributed by atoms with van der Waals surface area (Å²) in [5.41, 5.74) is 0. The Balaban J connectivity index is 1.78. The Kier molecular flexibility index (Phi) is 3.27. The lowest BCUT2D eigenvalue weighted by Crippen LogP contribution is -2.22. The molecule has 0 radical (unpaired) electrons. The average Bonchev–Trinajstić information content (AvgIpc) is 2.91. The number of sulfone groups is 1. The third-order valence-corrected chi connectivity index (χ3v) is 5.85. The van der Waals surface area contributed by atoms with Gasteiger partial charge in [0.15, 0.2) is 15.7 Å². The van der Waals surface area contributed by atoms with Gasteiger partial charge in [0.25, 0.3) is 0 Å². The first kappa shape index (κ1) is 13.5. The van der Waals surface area contributed by atoms with E-state index >= 15 is 0 Å². The fraction of sp³-hybridized carbons (Fsp3) is 0.750. The van der Waals surface area contributed by atoms with E-state index in [1.807, 2.05) is 0 Å². The van der Waals surface area contributed by atoms with E-state index in [9.17, 15) is 18.3 Å². The first-order valence-electron chi connectivity index (χ1n) is 6.81. The quantitative estimate of drug-likeness (QED) is 0.856. The maximum atomic E-state index is 11.4. The van der Waals surface area contributed by atoms with Crippen LogP contribution in [0.15, 0.2) is 0 Å². The van der Waals surface area contributed by atoms with Gasteiger partial charge in [-0.1, -0.05) is 0 Å². The SMILES string of the molecule is O=C(O)C1CCCn2nc(CC3CCS(=O)(=O)C3)nc21. The summed E-state index contributed by atoms with van der Waals surface area (Å²) >= 11 is 0. The van der Waals surface area contributed by atoms with Crippen molar-refractivity contribution < 1.29 is 18.3 Å². The van der Waals surface area contributed by atoms with Crippen LogP contribution in [-0.4, -0.2) is 45.8 Å². The molecular weight excluding hydrogens is 282 g/mol. The van der Waals surface area contributed by atoms with E-state index in [0.717, 1.165) is 6.42 Å². The molecule has 110 valence electrons. The Morgan fingerprint density at radius 1 is 1.40 bits per heavy atom. The second-order valence-corrected chi connectivity index (χ2v) is 7.84. The minimum Gasteiger partial charge on any atom is -0.481 e. The third-order valence-electron chi connectivity index (χ3n) is 4.01. The van der Waals surface area contributed by atoms with Crippen LogP contribution in [0.3, 0.4) is 0 Å². The summed E-state index contributed by atoms with van der Waals surface area (Å²) in [5.74, 6) is 0.135. The average molecular weight is 299 g/mol. The maximum Gasteiger partial charge on any atom is 0.314 e. The first-order valence-corrected chi connectivity index (χ1v) is 8.63. The first-order chi connectivity index (χ1) is 9.44. The molecule has 1 saturated heterocycles. The van der Waals surface area contributed by atoms with Crippen molar-refractivity contribution in [2.75, 3.05) is 11.5 Å². The van der Waals surface area contributed by atoms with Gasteiger partial charge in [0.05, 0.1) is 11.5 Å². The smallest absolute Gasteiger partial charge is 0.314 e. The molecule has 8 heteroatoms. The Bertz CT molecular complexity index is 637. The zero-order valence-electron chi connectivity index (χ0n) is 11.0. The van der Waals surface area contributed by atoms with Crippen molar-refractivity contribution in [3.05, 3.63) is 11.6 Å². The fourth-order valence-corrected chi connectivity index (χ4v) is 4.87. The number of aryl methyl sites for hydroxylation is 1. The molecule has 0 saturated carbocycles. The normalized spacial score (nSPS) is 28.2. The number of rotatable bonds is 3. The largest absolute Gasteiger partial charge is 0.481 e. The standard InChI is InChI=1S/C12H17N3O4S/c16-12(17)9-2-1-4-15-11(9)13-10(14-15)6-8-3-5-20(18,19)7-8/h8-9H,1-7H2,(H,16,17). The Morgan fingerprint density at radius 3 is 2.85 bits per heavy atom. The molecule has 1 aromatic rings. The second kappa shape index (κ2) is 4.83. The van der Waals surface area contributed by atoms with E-state index in [2.05, 4.69) is 10.1 Å². The predicted molar refractivity (Wildman–Crippen MR) is 70.1 cm³/mol. The summed E-state index contributed by atoms with van der Waals surface area (Å²) in [5, 5.41) is 13.5. The monoisotopic (exact) mass is 299 g/mol. The molecule has 0 spiro atoms. The zero-order chi connectivity index (χ0) is 14.3. The molecule has 2 aliphatic heterocycles. The number of carbonyl (C=O) groups is 1. The molecular formula is C12H17N3O4S. The van der Waals surface area contributed by atoms with Crippen LogP contribution < -0.4 is 0 Å². The van der Waals surface area contributed by atoms with E-state index < -0.39 is 21.7 Å². The molecule has 1 N–H and O–H groups in total. The summed E-state index contributed by atoms with van der Waals surface area (Å²) in [4.78, 5) is 15.5. The van der Waals surface area contributed by atoms with Gasteiger partial charge in [-0.25, -0.2) is 18.1 Å². The van der Waals surface area contributed by atoms with Crippen LogP contribution in [0.4, 0.5) is 0 Å². The Labute approximate surface area is 116 Å². The van der Waals surface area contributed by atoms with Gasteiger partial charge >= 0.3 is 5.97 Å². The molecule has 0 aliphatic carbocycles. The number of carboxylic acids is 1. The van der Waals surface area contributed by atoms with Crippen molar-refractivity contribution in [1.29, 1.82) is 0 Å². The highest BCUT2D eigenvalue weighted by Gasteiger charge is 2.32. The zero-order valence-corrected chi connectivity index (χ0v) is 11.8. The topological polar surface area (TPSA) is 102 Å². The van der Waals surface area contributed by atoms with Crippen molar-refractivity contribution in [2.45, 2.75) is 38.1 Å². The van der Waals surface area contributed by atoms with Gasteiger partial charge in [0.2, 0.25) is 0 Å². The number of hydrogen-bond acceptors (Lipinski definition) is 5. The third kappa shape index (κ3) is 2.56. The molecule has 2 aliphatic rings.